The van der Waals surface area contributed by atoms with Crippen LogP contribution in [0.15, 0.2) is 24.3 Å². The number of aliphatic carboxylic acids is 1. The van der Waals surface area contributed by atoms with Crippen molar-refractivity contribution in [1.82, 2.24) is 16.0 Å². The minimum absolute atomic E-state index is 0.00717. The summed E-state index contributed by atoms with van der Waals surface area (Å²) in [6, 6.07) is 2.05. The lowest BCUT2D eigenvalue weighted by atomic mass is 10.0. The minimum atomic E-state index is -1.18. The minimum Gasteiger partial charge on any atom is -0.508 e. The maximum Gasteiger partial charge on any atom is 0.326 e. The lowest BCUT2D eigenvalue weighted by Gasteiger charge is -2.26. The van der Waals surface area contributed by atoms with Gasteiger partial charge in [-0.15, -0.1) is 0 Å². The number of carbonyl (C=O) groups excluding carboxylic acids is 3. The molecule has 0 aliphatic carbocycles. The Bertz CT molecular complexity index is 911. The zero-order valence-corrected chi connectivity index (χ0v) is 23.0. The fourth-order valence-corrected chi connectivity index (χ4v) is 3.99. The maximum atomic E-state index is 13.4. The second-order valence-corrected chi connectivity index (χ2v) is 10.2. The first-order valence-corrected chi connectivity index (χ1v) is 13.6. The maximum absolute atomic E-state index is 13.4. The molecule has 0 fully saturated rings. The normalized spacial score (nSPS) is 14.2. The summed E-state index contributed by atoms with van der Waals surface area (Å²) in [6.07, 6.45) is 3.53. The number of rotatable bonds is 19. The molecule has 4 atom stereocenters. The number of phenols is 1. The molecule has 0 unspecified atom stereocenters. The van der Waals surface area contributed by atoms with E-state index in [2.05, 4.69) is 16.0 Å². The van der Waals surface area contributed by atoms with Crippen LogP contribution in [0.4, 0.5) is 0 Å². The number of carboxylic acids is 1. The average Bonchev–Trinajstić information content (AvgIpc) is 2.88. The molecular formula is C27H46N6O6. The van der Waals surface area contributed by atoms with Crippen molar-refractivity contribution < 1.29 is 29.4 Å². The van der Waals surface area contributed by atoms with Crippen LogP contribution in [0.5, 0.6) is 5.75 Å². The number of carboxylic acid groups (broad SMARTS) is 1. The highest BCUT2D eigenvalue weighted by Gasteiger charge is 2.30. The first-order chi connectivity index (χ1) is 18.5. The van der Waals surface area contributed by atoms with Gasteiger partial charge in [-0.3, -0.25) is 14.4 Å². The summed E-state index contributed by atoms with van der Waals surface area (Å²) in [6.45, 7) is 4.59. The Morgan fingerprint density at radius 1 is 0.769 bits per heavy atom. The van der Waals surface area contributed by atoms with Gasteiger partial charge in [-0.05, 0) is 75.2 Å². The van der Waals surface area contributed by atoms with E-state index in [0.29, 0.717) is 44.3 Å². The number of benzene rings is 1. The van der Waals surface area contributed by atoms with Gasteiger partial charge in [0.2, 0.25) is 17.7 Å². The molecule has 1 rings (SSSR count). The molecule has 1 aromatic carbocycles. The second kappa shape index (κ2) is 18.1. The van der Waals surface area contributed by atoms with Crippen LogP contribution in [0.1, 0.15) is 64.4 Å². The van der Waals surface area contributed by atoms with Crippen molar-refractivity contribution in [2.45, 2.75) is 89.4 Å². The Labute approximate surface area is 230 Å². The smallest absolute Gasteiger partial charge is 0.326 e. The van der Waals surface area contributed by atoms with Gasteiger partial charge in [-0.2, -0.15) is 0 Å². The predicted molar refractivity (Wildman–Crippen MR) is 148 cm³/mol. The van der Waals surface area contributed by atoms with Crippen molar-refractivity contribution in [2.24, 2.45) is 23.1 Å². The van der Waals surface area contributed by atoms with E-state index >= 15 is 0 Å². The molecule has 0 aromatic heterocycles. The standard InChI is InChI=1S/C27H46N6O6/c1-17(2)15-23(27(38)39)33-26(37)22(16-18-9-11-19(34)12-10-18)32-25(36)21(8-4-6-14-29)31-24(35)20(30)7-3-5-13-28/h9-12,17,20-23,34H,3-8,13-16,28-30H2,1-2H3,(H,31,35)(H,32,36)(H,33,37)(H,38,39)/t20-,21-,22-,23-/m0/s1. The number of nitrogens with one attached hydrogen (secondary N) is 3. The fraction of sp³-hybridized carbons (Fsp3) is 0.630. The summed E-state index contributed by atoms with van der Waals surface area (Å²) < 4.78 is 0. The van der Waals surface area contributed by atoms with Gasteiger partial charge in [0, 0.05) is 6.42 Å². The molecule has 12 nitrogen and oxygen atoms in total. The van der Waals surface area contributed by atoms with Crippen LogP contribution in [0.2, 0.25) is 0 Å². The predicted octanol–water partition coefficient (Wildman–Crippen LogP) is 0.105. The van der Waals surface area contributed by atoms with E-state index in [1.54, 1.807) is 12.1 Å². The zero-order chi connectivity index (χ0) is 29.4. The third kappa shape index (κ3) is 13.4. The number of carbonyl (C=O) groups is 4. The van der Waals surface area contributed by atoms with E-state index in [1.807, 2.05) is 13.8 Å². The van der Waals surface area contributed by atoms with E-state index in [1.165, 1.54) is 12.1 Å². The summed E-state index contributed by atoms with van der Waals surface area (Å²) >= 11 is 0. The van der Waals surface area contributed by atoms with E-state index in [9.17, 15) is 29.4 Å². The van der Waals surface area contributed by atoms with E-state index in [-0.39, 0.29) is 30.9 Å². The Kier molecular flexibility index (Phi) is 15.7. The van der Waals surface area contributed by atoms with Crippen LogP contribution in [0, 0.1) is 5.92 Å². The van der Waals surface area contributed by atoms with Crippen molar-refractivity contribution in [2.75, 3.05) is 13.1 Å². The van der Waals surface area contributed by atoms with Gasteiger partial charge in [0.1, 0.15) is 23.9 Å². The molecule has 0 spiro atoms. The quantitative estimate of drug-likeness (QED) is 0.109. The highest BCUT2D eigenvalue weighted by molar-refractivity contribution is 5.94. The van der Waals surface area contributed by atoms with Gasteiger partial charge in [0.25, 0.3) is 0 Å². The number of phenolic OH excluding ortho intramolecular Hbond substituents is 1. The summed E-state index contributed by atoms with van der Waals surface area (Å²) in [4.78, 5) is 51.0. The Balaban J connectivity index is 3.11. The number of amides is 3. The average molecular weight is 551 g/mol. The third-order valence-corrected chi connectivity index (χ3v) is 6.22. The molecule has 0 saturated heterocycles. The van der Waals surface area contributed by atoms with Gasteiger partial charge in [0.15, 0.2) is 0 Å². The number of aromatic hydroxyl groups is 1. The fourth-order valence-electron chi connectivity index (χ4n) is 3.99. The Hall–Kier alpha value is -3.22. The number of nitrogens with two attached hydrogens (primary N) is 3. The van der Waals surface area contributed by atoms with Crippen molar-refractivity contribution in [3.05, 3.63) is 29.8 Å². The molecular weight excluding hydrogens is 504 g/mol. The van der Waals surface area contributed by atoms with Gasteiger partial charge in [-0.1, -0.05) is 32.4 Å². The largest absolute Gasteiger partial charge is 0.508 e. The molecule has 1 aromatic rings. The molecule has 12 heteroatoms. The highest BCUT2D eigenvalue weighted by atomic mass is 16.4. The van der Waals surface area contributed by atoms with Crippen LogP contribution in [-0.4, -0.2) is 71.2 Å². The van der Waals surface area contributed by atoms with E-state index < -0.39 is 47.9 Å². The third-order valence-electron chi connectivity index (χ3n) is 6.22. The summed E-state index contributed by atoms with van der Waals surface area (Å²) in [5, 5.41) is 27.1. The molecule has 3 amide bonds. The molecule has 0 aliphatic rings. The summed E-state index contributed by atoms with van der Waals surface area (Å²) in [5.74, 6) is -2.88. The van der Waals surface area contributed by atoms with Crippen LogP contribution < -0.4 is 33.2 Å². The SMILES string of the molecule is CC(C)C[C@H](NC(=O)[C@H](Cc1ccc(O)cc1)NC(=O)[C@H](CCCCN)NC(=O)[C@@H](N)CCCCN)C(=O)O. The van der Waals surface area contributed by atoms with E-state index in [4.69, 9.17) is 17.2 Å². The second-order valence-electron chi connectivity index (χ2n) is 10.2. The van der Waals surface area contributed by atoms with Gasteiger partial charge >= 0.3 is 5.97 Å². The van der Waals surface area contributed by atoms with Crippen LogP contribution in [-0.2, 0) is 25.6 Å². The zero-order valence-electron chi connectivity index (χ0n) is 23.0. The van der Waals surface area contributed by atoms with Crippen molar-refractivity contribution in [3.8, 4) is 5.75 Å². The molecule has 0 aliphatic heterocycles. The lowest BCUT2D eigenvalue weighted by Crippen LogP contribution is -2.57. The lowest BCUT2D eigenvalue weighted by molar-refractivity contribution is -0.142. The Morgan fingerprint density at radius 3 is 1.82 bits per heavy atom. The summed E-state index contributed by atoms with van der Waals surface area (Å²) in [7, 11) is 0. The molecule has 0 saturated carbocycles. The van der Waals surface area contributed by atoms with E-state index in [0.717, 1.165) is 6.42 Å². The van der Waals surface area contributed by atoms with Crippen molar-refractivity contribution >= 4 is 23.7 Å². The van der Waals surface area contributed by atoms with Crippen LogP contribution >= 0.6 is 0 Å². The summed E-state index contributed by atoms with van der Waals surface area (Å²) in [5.41, 5.74) is 17.7. The highest BCUT2D eigenvalue weighted by Crippen LogP contribution is 2.13. The van der Waals surface area contributed by atoms with Gasteiger partial charge < -0.3 is 43.4 Å². The van der Waals surface area contributed by atoms with Crippen LogP contribution in [0.25, 0.3) is 0 Å². The number of hydrogen-bond donors (Lipinski definition) is 8. The number of unbranched alkanes of at least 4 members (excludes halogenated alkanes) is 2. The van der Waals surface area contributed by atoms with Crippen molar-refractivity contribution in [1.29, 1.82) is 0 Å². The first-order valence-electron chi connectivity index (χ1n) is 13.6. The monoisotopic (exact) mass is 550 g/mol. The topological polar surface area (TPSA) is 223 Å². The van der Waals surface area contributed by atoms with Crippen molar-refractivity contribution in [3.63, 3.8) is 0 Å². The molecule has 0 heterocycles. The molecule has 39 heavy (non-hydrogen) atoms. The van der Waals surface area contributed by atoms with Gasteiger partial charge in [0.05, 0.1) is 6.04 Å². The number of hydrogen-bond acceptors (Lipinski definition) is 8. The molecule has 220 valence electrons. The molecule has 0 bridgehead atoms. The van der Waals surface area contributed by atoms with Gasteiger partial charge in [-0.25, -0.2) is 4.79 Å². The Morgan fingerprint density at radius 2 is 1.28 bits per heavy atom. The molecule has 11 N–H and O–H groups in total. The first kappa shape index (κ1) is 33.8. The molecule has 0 radical (unpaired) electrons. The van der Waals surface area contributed by atoms with Crippen LogP contribution in [0.3, 0.4) is 0 Å².